The van der Waals surface area contributed by atoms with Crippen LogP contribution in [-0.4, -0.2) is 31.7 Å². The van der Waals surface area contributed by atoms with Crippen LogP contribution >= 0.6 is 39.1 Å². The molecule has 0 fully saturated rings. The van der Waals surface area contributed by atoms with Gasteiger partial charge in [0.05, 0.1) is 9.92 Å². The summed E-state index contributed by atoms with van der Waals surface area (Å²) in [4.78, 5) is 0.220. The molecule has 1 rings (SSSR count). The van der Waals surface area contributed by atoms with E-state index in [1.54, 1.807) is 6.07 Å². The lowest BCUT2D eigenvalue weighted by Crippen LogP contribution is -2.33. The molecule has 0 N–H and O–H groups in total. The van der Waals surface area contributed by atoms with Gasteiger partial charge in [-0.3, -0.25) is 0 Å². The molecule has 0 radical (unpaired) electrons. The summed E-state index contributed by atoms with van der Waals surface area (Å²) in [5, 5.41) is 0.480. The Bertz CT molecular complexity index is 502. The van der Waals surface area contributed by atoms with Gasteiger partial charge in [-0.2, -0.15) is 4.31 Å². The van der Waals surface area contributed by atoms with Gasteiger partial charge >= 0.3 is 0 Å². The maximum absolute atomic E-state index is 12.4. The molecule has 0 amide bonds. The lowest BCUT2D eigenvalue weighted by molar-refractivity contribution is 0.428. The summed E-state index contributed by atoms with van der Waals surface area (Å²) in [5.74, 6) is 0.272. The summed E-state index contributed by atoms with van der Waals surface area (Å²) in [6.07, 6.45) is 0.741. The molecule has 0 aromatic heterocycles. The summed E-state index contributed by atoms with van der Waals surface area (Å²) < 4.78 is 26.7. The number of sulfonamides is 1. The summed E-state index contributed by atoms with van der Waals surface area (Å²) in [6.45, 7) is 2.68. The van der Waals surface area contributed by atoms with E-state index in [2.05, 4.69) is 15.9 Å². The minimum absolute atomic E-state index is 0.220. The van der Waals surface area contributed by atoms with Crippen LogP contribution in [0.2, 0.25) is 5.02 Å². The van der Waals surface area contributed by atoms with Crippen LogP contribution in [0.4, 0.5) is 0 Å². The number of rotatable bonds is 6. The van der Waals surface area contributed by atoms with Crippen molar-refractivity contribution in [3.8, 4) is 0 Å². The second-order valence-electron chi connectivity index (χ2n) is 3.67. The van der Waals surface area contributed by atoms with Crippen LogP contribution < -0.4 is 0 Å². The molecule has 0 spiro atoms. The van der Waals surface area contributed by atoms with E-state index >= 15 is 0 Å². The van der Waals surface area contributed by atoms with Crippen LogP contribution in [0.5, 0.6) is 0 Å². The third-order valence-electron chi connectivity index (χ3n) is 2.34. The van der Waals surface area contributed by atoms with E-state index in [9.17, 15) is 8.42 Å². The highest BCUT2D eigenvalue weighted by molar-refractivity contribution is 9.10. The van der Waals surface area contributed by atoms with Crippen molar-refractivity contribution in [3.05, 3.63) is 27.7 Å². The highest BCUT2D eigenvalue weighted by Crippen LogP contribution is 2.27. The van der Waals surface area contributed by atoms with Crippen molar-refractivity contribution >= 4 is 49.2 Å². The van der Waals surface area contributed by atoms with E-state index in [0.29, 0.717) is 22.6 Å². The third kappa shape index (κ3) is 3.84. The number of nitrogens with zero attached hydrogens (tertiary/aromatic N) is 1. The topological polar surface area (TPSA) is 37.4 Å². The molecule has 0 aliphatic heterocycles. The highest BCUT2D eigenvalue weighted by Gasteiger charge is 2.23. The monoisotopic (exact) mass is 373 g/mol. The largest absolute Gasteiger partial charge is 0.243 e. The highest BCUT2D eigenvalue weighted by atomic mass is 79.9. The van der Waals surface area contributed by atoms with Gasteiger partial charge in [-0.05, 0) is 40.5 Å². The first kappa shape index (κ1) is 16.2. The van der Waals surface area contributed by atoms with Gasteiger partial charge in [0.25, 0.3) is 0 Å². The van der Waals surface area contributed by atoms with Crippen molar-refractivity contribution in [1.29, 1.82) is 0 Å². The molecule has 0 atom stereocenters. The Labute approximate surface area is 126 Å². The summed E-state index contributed by atoms with van der Waals surface area (Å²) in [6, 6.07) is 4.57. The molecule has 3 nitrogen and oxygen atoms in total. The zero-order chi connectivity index (χ0) is 13.8. The Morgan fingerprint density at radius 3 is 2.50 bits per heavy atom. The van der Waals surface area contributed by atoms with Crippen LogP contribution in [0.15, 0.2) is 27.6 Å². The van der Waals surface area contributed by atoms with Crippen molar-refractivity contribution in [2.45, 2.75) is 18.2 Å². The smallest absolute Gasteiger partial charge is 0.207 e. The second-order valence-corrected chi connectivity index (χ2v) is 7.25. The average Bonchev–Trinajstić information content (AvgIpc) is 2.32. The van der Waals surface area contributed by atoms with E-state index in [-0.39, 0.29) is 10.8 Å². The molecule has 7 heteroatoms. The molecule has 0 saturated heterocycles. The van der Waals surface area contributed by atoms with Gasteiger partial charge in [-0.25, -0.2) is 8.42 Å². The van der Waals surface area contributed by atoms with E-state index in [4.69, 9.17) is 23.2 Å². The molecular formula is C11H14BrCl2NO2S. The average molecular weight is 375 g/mol. The Morgan fingerprint density at radius 2 is 2.00 bits per heavy atom. The van der Waals surface area contributed by atoms with Gasteiger partial charge in [-0.15, -0.1) is 11.6 Å². The van der Waals surface area contributed by atoms with Gasteiger partial charge in [0, 0.05) is 23.4 Å². The summed E-state index contributed by atoms with van der Waals surface area (Å²) in [7, 11) is -3.50. The van der Waals surface area contributed by atoms with Crippen molar-refractivity contribution in [2.75, 3.05) is 19.0 Å². The van der Waals surface area contributed by atoms with E-state index in [1.165, 1.54) is 16.4 Å². The van der Waals surface area contributed by atoms with Crippen LogP contribution in [-0.2, 0) is 10.0 Å². The first-order valence-electron chi connectivity index (χ1n) is 5.44. The van der Waals surface area contributed by atoms with E-state index in [1.807, 2.05) is 6.92 Å². The lowest BCUT2D eigenvalue weighted by Gasteiger charge is -2.20. The molecule has 1 aromatic rings. The second kappa shape index (κ2) is 7.10. The molecule has 1 aromatic carbocycles. The zero-order valence-corrected chi connectivity index (χ0v) is 13.8. The fourth-order valence-corrected chi connectivity index (χ4v) is 3.99. The lowest BCUT2D eigenvalue weighted by atomic mass is 10.4. The fourth-order valence-electron chi connectivity index (χ4n) is 1.48. The minimum atomic E-state index is -3.50. The molecule has 0 aliphatic rings. The molecule has 18 heavy (non-hydrogen) atoms. The summed E-state index contributed by atoms with van der Waals surface area (Å²) in [5.41, 5.74) is 0. The first-order valence-corrected chi connectivity index (χ1v) is 8.59. The maximum atomic E-state index is 12.4. The van der Waals surface area contributed by atoms with Gasteiger partial charge in [0.15, 0.2) is 0 Å². The van der Waals surface area contributed by atoms with Crippen LogP contribution in [0.1, 0.15) is 13.3 Å². The number of halogens is 3. The zero-order valence-electron chi connectivity index (χ0n) is 9.87. The summed E-state index contributed by atoms with van der Waals surface area (Å²) >= 11 is 14.7. The number of alkyl halides is 1. The third-order valence-corrected chi connectivity index (χ3v) is 5.61. The van der Waals surface area contributed by atoms with Gasteiger partial charge in [0.2, 0.25) is 10.0 Å². The SMILES string of the molecule is CCCN(CCCl)S(=O)(=O)c1ccc(Cl)c(Br)c1. The van der Waals surface area contributed by atoms with Gasteiger partial charge in [-0.1, -0.05) is 18.5 Å². The standard InChI is InChI=1S/C11H14BrCl2NO2S/c1-2-6-15(7-5-13)18(16,17)9-3-4-11(14)10(12)8-9/h3-4,8H,2,5-7H2,1H3. The minimum Gasteiger partial charge on any atom is -0.207 e. The number of hydrogen-bond donors (Lipinski definition) is 0. The molecule has 0 bridgehead atoms. The quantitative estimate of drug-likeness (QED) is 0.711. The number of hydrogen-bond acceptors (Lipinski definition) is 2. The van der Waals surface area contributed by atoms with Crippen molar-refractivity contribution in [2.24, 2.45) is 0 Å². The van der Waals surface area contributed by atoms with Crippen LogP contribution in [0.25, 0.3) is 0 Å². The first-order chi connectivity index (χ1) is 8.43. The van der Waals surface area contributed by atoms with E-state index in [0.717, 1.165) is 6.42 Å². The normalized spacial score (nSPS) is 12.1. The van der Waals surface area contributed by atoms with Gasteiger partial charge < -0.3 is 0 Å². The molecule has 0 unspecified atom stereocenters. The van der Waals surface area contributed by atoms with Gasteiger partial charge in [0.1, 0.15) is 0 Å². The number of benzene rings is 1. The Kier molecular flexibility index (Phi) is 6.41. The molecule has 0 heterocycles. The van der Waals surface area contributed by atoms with Crippen LogP contribution in [0.3, 0.4) is 0 Å². The Hall–Kier alpha value is 0.190. The van der Waals surface area contributed by atoms with E-state index < -0.39 is 10.0 Å². The fraction of sp³-hybridized carbons (Fsp3) is 0.455. The molecule has 0 saturated carbocycles. The van der Waals surface area contributed by atoms with Crippen molar-refractivity contribution < 1.29 is 8.42 Å². The Balaban J connectivity index is 3.13. The van der Waals surface area contributed by atoms with Crippen molar-refractivity contribution in [1.82, 2.24) is 4.31 Å². The molecular weight excluding hydrogens is 361 g/mol. The van der Waals surface area contributed by atoms with Crippen LogP contribution in [0, 0.1) is 0 Å². The molecule has 102 valence electrons. The molecule has 0 aliphatic carbocycles. The predicted octanol–water partition coefficient (Wildman–Crippen LogP) is 3.74. The predicted molar refractivity (Wildman–Crippen MR) is 78.9 cm³/mol. The maximum Gasteiger partial charge on any atom is 0.243 e. The Morgan fingerprint density at radius 1 is 1.33 bits per heavy atom. The van der Waals surface area contributed by atoms with Crippen molar-refractivity contribution in [3.63, 3.8) is 0 Å².